The molecule has 0 bridgehead atoms. The van der Waals surface area contributed by atoms with Crippen molar-refractivity contribution in [2.45, 2.75) is 26.4 Å². The van der Waals surface area contributed by atoms with Crippen molar-refractivity contribution in [3.05, 3.63) is 21.7 Å². The highest BCUT2D eigenvalue weighted by Gasteiger charge is 2.15. The van der Waals surface area contributed by atoms with Crippen LogP contribution in [0.1, 0.15) is 18.1 Å². The molecule has 0 fully saturated rings. The van der Waals surface area contributed by atoms with E-state index in [2.05, 4.69) is 15.9 Å². The van der Waals surface area contributed by atoms with E-state index in [1.54, 1.807) is 13.0 Å². The molecule has 0 aliphatic rings. The lowest BCUT2D eigenvalue weighted by Crippen LogP contribution is -2.07. The molecule has 0 aliphatic heterocycles. The lowest BCUT2D eigenvalue weighted by molar-refractivity contribution is 0.195. The molecule has 0 aliphatic carbocycles. The van der Waals surface area contributed by atoms with E-state index in [0.717, 1.165) is 11.1 Å². The summed E-state index contributed by atoms with van der Waals surface area (Å²) >= 11 is 3.38. The van der Waals surface area contributed by atoms with Crippen LogP contribution in [-0.4, -0.2) is 23.4 Å². The van der Waals surface area contributed by atoms with Crippen LogP contribution in [0.5, 0.6) is 11.5 Å². The fourth-order valence-corrected chi connectivity index (χ4v) is 2.36. The Hall–Kier alpha value is -0.740. The average Bonchev–Trinajstić information content (AvgIpc) is 2.12. The van der Waals surface area contributed by atoms with E-state index in [0.29, 0.717) is 16.6 Å². The summed E-state index contributed by atoms with van der Waals surface area (Å²) in [5, 5.41) is 19.0. The average molecular weight is 275 g/mol. The van der Waals surface area contributed by atoms with E-state index in [-0.39, 0.29) is 5.75 Å². The van der Waals surface area contributed by atoms with Crippen LogP contribution < -0.4 is 4.74 Å². The second kappa shape index (κ2) is 4.86. The number of methoxy groups -OCH3 is 1. The van der Waals surface area contributed by atoms with Crippen LogP contribution in [0.3, 0.4) is 0 Å². The Morgan fingerprint density at radius 2 is 2.13 bits per heavy atom. The second-order valence-corrected chi connectivity index (χ2v) is 4.38. The third-order valence-corrected chi connectivity index (χ3v) is 3.07. The first-order valence-corrected chi connectivity index (χ1v) is 5.49. The molecular weight excluding hydrogens is 260 g/mol. The van der Waals surface area contributed by atoms with Gasteiger partial charge in [-0.3, -0.25) is 0 Å². The fraction of sp³-hybridized carbons (Fsp3) is 0.455. The monoisotopic (exact) mass is 274 g/mol. The number of hydrogen-bond acceptors (Lipinski definition) is 3. The van der Waals surface area contributed by atoms with Gasteiger partial charge in [-0.05, 0) is 53.4 Å². The number of benzene rings is 1. The van der Waals surface area contributed by atoms with E-state index >= 15 is 0 Å². The summed E-state index contributed by atoms with van der Waals surface area (Å²) in [5.41, 5.74) is 1.89. The first-order chi connectivity index (χ1) is 6.97. The normalized spacial score (nSPS) is 12.6. The Morgan fingerprint density at radius 3 is 2.60 bits per heavy atom. The molecule has 4 heteroatoms. The van der Waals surface area contributed by atoms with Gasteiger partial charge in [0.1, 0.15) is 0 Å². The zero-order chi connectivity index (χ0) is 11.6. The quantitative estimate of drug-likeness (QED) is 0.890. The summed E-state index contributed by atoms with van der Waals surface area (Å²) in [7, 11) is 1.50. The van der Waals surface area contributed by atoms with Crippen molar-refractivity contribution in [1.82, 2.24) is 0 Å². The molecule has 1 aromatic rings. The summed E-state index contributed by atoms with van der Waals surface area (Å²) in [5.74, 6) is 0.521. The molecular formula is C11H15BrO3. The third-order valence-electron chi connectivity index (χ3n) is 2.23. The van der Waals surface area contributed by atoms with E-state index in [4.69, 9.17) is 4.74 Å². The van der Waals surface area contributed by atoms with Gasteiger partial charge in [-0.15, -0.1) is 0 Å². The Bertz CT molecular complexity index is 361. The van der Waals surface area contributed by atoms with Crippen molar-refractivity contribution in [1.29, 1.82) is 0 Å². The fourth-order valence-electron chi connectivity index (χ4n) is 1.52. The van der Waals surface area contributed by atoms with E-state index in [1.807, 2.05) is 6.92 Å². The standard InChI is InChI=1S/C11H15BrO3/c1-6-4-9(14)11(15-3)10(12)8(6)5-7(2)13/h4,7,13-14H,5H2,1-3H3. The molecule has 0 radical (unpaired) electrons. The number of aromatic hydroxyl groups is 1. The van der Waals surface area contributed by atoms with Gasteiger partial charge in [0.2, 0.25) is 0 Å². The number of hydrogen-bond donors (Lipinski definition) is 2. The third kappa shape index (κ3) is 2.63. The Kier molecular flexibility index (Phi) is 3.99. The molecule has 1 aromatic carbocycles. The van der Waals surface area contributed by atoms with Gasteiger partial charge in [0, 0.05) is 0 Å². The van der Waals surface area contributed by atoms with Gasteiger partial charge in [0.05, 0.1) is 17.7 Å². The van der Waals surface area contributed by atoms with Crippen molar-refractivity contribution >= 4 is 15.9 Å². The molecule has 0 spiro atoms. The molecule has 0 saturated heterocycles. The van der Waals surface area contributed by atoms with Crippen LogP contribution in [0.25, 0.3) is 0 Å². The van der Waals surface area contributed by atoms with E-state index in [1.165, 1.54) is 7.11 Å². The number of aliphatic hydroxyl groups is 1. The number of halogens is 1. The number of aliphatic hydroxyl groups excluding tert-OH is 1. The summed E-state index contributed by atoms with van der Waals surface area (Å²) in [4.78, 5) is 0. The van der Waals surface area contributed by atoms with Crippen molar-refractivity contribution in [3.8, 4) is 11.5 Å². The smallest absolute Gasteiger partial charge is 0.174 e. The Labute approximate surface area is 97.8 Å². The van der Waals surface area contributed by atoms with Crippen LogP contribution in [-0.2, 0) is 6.42 Å². The topological polar surface area (TPSA) is 49.7 Å². The van der Waals surface area contributed by atoms with E-state index in [9.17, 15) is 10.2 Å². The lowest BCUT2D eigenvalue weighted by Gasteiger charge is -2.15. The highest BCUT2D eigenvalue weighted by Crippen LogP contribution is 2.39. The molecule has 2 N–H and O–H groups in total. The van der Waals surface area contributed by atoms with Gasteiger partial charge < -0.3 is 14.9 Å². The van der Waals surface area contributed by atoms with Gasteiger partial charge in [-0.1, -0.05) is 0 Å². The summed E-state index contributed by atoms with van der Waals surface area (Å²) in [6.07, 6.45) is 0.109. The molecule has 1 unspecified atom stereocenters. The molecule has 0 heterocycles. The number of phenols is 1. The lowest BCUT2D eigenvalue weighted by atomic mass is 10.0. The first-order valence-electron chi connectivity index (χ1n) is 4.70. The minimum absolute atomic E-state index is 0.108. The minimum atomic E-state index is -0.422. The highest BCUT2D eigenvalue weighted by molar-refractivity contribution is 9.10. The number of ether oxygens (including phenoxy) is 1. The highest BCUT2D eigenvalue weighted by atomic mass is 79.9. The number of rotatable bonds is 3. The summed E-state index contributed by atoms with van der Waals surface area (Å²) in [6, 6.07) is 1.64. The van der Waals surface area contributed by atoms with Gasteiger partial charge in [0.25, 0.3) is 0 Å². The maximum absolute atomic E-state index is 9.61. The van der Waals surface area contributed by atoms with Crippen LogP contribution in [0.2, 0.25) is 0 Å². The van der Waals surface area contributed by atoms with Crippen LogP contribution in [0.4, 0.5) is 0 Å². The van der Waals surface area contributed by atoms with E-state index < -0.39 is 6.10 Å². The molecule has 15 heavy (non-hydrogen) atoms. The van der Waals surface area contributed by atoms with Crippen molar-refractivity contribution < 1.29 is 14.9 Å². The van der Waals surface area contributed by atoms with Crippen molar-refractivity contribution in [2.75, 3.05) is 7.11 Å². The van der Waals surface area contributed by atoms with Gasteiger partial charge >= 0.3 is 0 Å². The maximum atomic E-state index is 9.61. The van der Waals surface area contributed by atoms with Crippen LogP contribution in [0.15, 0.2) is 10.5 Å². The molecule has 0 amide bonds. The van der Waals surface area contributed by atoms with Gasteiger partial charge in [-0.25, -0.2) is 0 Å². The maximum Gasteiger partial charge on any atom is 0.174 e. The molecule has 1 rings (SSSR count). The largest absolute Gasteiger partial charge is 0.504 e. The molecule has 84 valence electrons. The zero-order valence-corrected chi connectivity index (χ0v) is 10.6. The molecule has 1 atom stereocenters. The van der Waals surface area contributed by atoms with Gasteiger partial charge in [-0.2, -0.15) is 0 Å². The predicted octanol–water partition coefficient (Wildman–Crippen LogP) is 2.40. The SMILES string of the molecule is COc1c(O)cc(C)c(CC(C)O)c1Br. The van der Waals surface area contributed by atoms with Crippen molar-refractivity contribution in [2.24, 2.45) is 0 Å². The molecule has 0 saturated carbocycles. The zero-order valence-electron chi connectivity index (χ0n) is 9.04. The Balaban J connectivity index is 3.26. The van der Waals surface area contributed by atoms with Crippen LogP contribution in [0, 0.1) is 6.92 Å². The number of phenolic OH excluding ortho intramolecular Hbond substituents is 1. The summed E-state index contributed by atoms with van der Waals surface area (Å²) in [6.45, 7) is 3.62. The molecule has 0 aromatic heterocycles. The van der Waals surface area contributed by atoms with Crippen molar-refractivity contribution in [3.63, 3.8) is 0 Å². The minimum Gasteiger partial charge on any atom is -0.504 e. The number of aryl methyl sites for hydroxylation is 1. The predicted molar refractivity (Wildman–Crippen MR) is 62.5 cm³/mol. The van der Waals surface area contributed by atoms with Crippen LogP contribution >= 0.6 is 15.9 Å². The van der Waals surface area contributed by atoms with Gasteiger partial charge in [0.15, 0.2) is 11.5 Å². The first kappa shape index (κ1) is 12.3. The summed E-state index contributed by atoms with van der Waals surface area (Å²) < 4.78 is 5.79. The Morgan fingerprint density at radius 1 is 1.53 bits per heavy atom. The second-order valence-electron chi connectivity index (χ2n) is 3.59. The molecule has 3 nitrogen and oxygen atoms in total.